The van der Waals surface area contributed by atoms with E-state index < -0.39 is 0 Å². The molecule has 5 aromatic rings. The first-order valence-electron chi connectivity index (χ1n) is 12.3. The van der Waals surface area contributed by atoms with Crippen molar-refractivity contribution in [2.24, 2.45) is 0 Å². The van der Waals surface area contributed by atoms with Gasteiger partial charge in [0.1, 0.15) is 17.6 Å². The third kappa shape index (κ3) is 5.21. The Labute approximate surface area is 225 Å². The number of nitrogens with one attached hydrogen (secondary N) is 1. The summed E-state index contributed by atoms with van der Waals surface area (Å²) in [7, 11) is 1.63. The van der Waals surface area contributed by atoms with Crippen molar-refractivity contribution in [2.45, 2.75) is 20.5 Å². The van der Waals surface area contributed by atoms with Gasteiger partial charge in [0.15, 0.2) is 5.82 Å². The lowest BCUT2D eigenvalue weighted by Gasteiger charge is -2.11. The van der Waals surface area contributed by atoms with Gasteiger partial charge in [-0.1, -0.05) is 36.9 Å². The minimum absolute atomic E-state index is 0.232. The Balaban J connectivity index is 1.62. The van der Waals surface area contributed by atoms with E-state index in [1.165, 1.54) is 6.33 Å². The average Bonchev–Trinajstić information content (AvgIpc) is 3.25. The maximum atomic E-state index is 12.1. The zero-order valence-corrected chi connectivity index (χ0v) is 21.9. The summed E-state index contributed by atoms with van der Waals surface area (Å²) >= 11 is 0. The lowest BCUT2D eigenvalue weighted by atomic mass is 9.95. The number of nitrogen functional groups attached to an aromatic ring is 1. The lowest BCUT2D eigenvalue weighted by molar-refractivity contribution is -0.112. The van der Waals surface area contributed by atoms with Gasteiger partial charge in [-0.2, -0.15) is 5.10 Å². The zero-order valence-electron chi connectivity index (χ0n) is 21.9. The van der Waals surface area contributed by atoms with Crippen LogP contribution in [0.3, 0.4) is 0 Å². The molecule has 5 rings (SSSR count). The molecule has 0 spiro atoms. The van der Waals surface area contributed by atoms with E-state index in [2.05, 4.69) is 27.0 Å². The summed E-state index contributed by atoms with van der Waals surface area (Å²) in [5.41, 5.74) is 13.4. The van der Waals surface area contributed by atoms with E-state index in [1.54, 1.807) is 18.5 Å². The summed E-state index contributed by atoms with van der Waals surface area (Å²) in [5, 5.41) is 7.34. The van der Waals surface area contributed by atoms with E-state index in [4.69, 9.17) is 15.2 Å². The fraction of sp³-hybridized carbons (Fsp3) is 0.133. The van der Waals surface area contributed by atoms with Crippen LogP contribution < -0.4 is 15.8 Å². The highest BCUT2D eigenvalue weighted by Crippen LogP contribution is 2.42. The van der Waals surface area contributed by atoms with Crippen molar-refractivity contribution in [1.82, 2.24) is 19.6 Å². The number of amides is 1. The Morgan fingerprint density at radius 1 is 1.03 bits per heavy atom. The minimum Gasteiger partial charge on any atom is -0.439 e. The Hall–Kier alpha value is -5.02. The van der Waals surface area contributed by atoms with Gasteiger partial charge in [-0.05, 0) is 55.3 Å². The van der Waals surface area contributed by atoms with E-state index in [0.29, 0.717) is 40.8 Å². The number of pyridine rings is 1. The summed E-state index contributed by atoms with van der Waals surface area (Å²) < 4.78 is 13.3. The Kier molecular flexibility index (Phi) is 7.07. The van der Waals surface area contributed by atoms with Crippen molar-refractivity contribution in [1.29, 1.82) is 0 Å². The van der Waals surface area contributed by atoms with Gasteiger partial charge in [0.05, 0.1) is 12.3 Å². The van der Waals surface area contributed by atoms with E-state index in [-0.39, 0.29) is 5.91 Å². The molecule has 39 heavy (non-hydrogen) atoms. The number of hydrogen-bond donors (Lipinski definition) is 2. The number of benzene rings is 2. The van der Waals surface area contributed by atoms with Gasteiger partial charge in [-0.25, -0.2) is 14.5 Å². The van der Waals surface area contributed by atoms with Crippen LogP contribution in [-0.4, -0.2) is 32.6 Å². The van der Waals surface area contributed by atoms with Crippen LogP contribution in [0.4, 0.5) is 11.5 Å². The summed E-state index contributed by atoms with van der Waals surface area (Å²) in [4.78, 5) is 20.8. The van der Waals surface area contributed by atoms with Gasteiger partial charge < -0.3 is 20.5 Å². The van der Waals surface area contributed by atoms with Crippen molar-refractivity contribution < 1.29 is 14.3 Å². The fourth-order valence-electron chi connectivity index (χ4n) is 4.38. The van der Waals surface area contributed by atoms with Gasteiger partial charge >= 0.3 is 0 Å². The molecule has 196 valence electrons. The van der Waals surface area contributed by atoms with Gasteiger partial charge in [-0.15, -0.1) is 0 Å². The standard InChI is InChI=1S/C30H28N6O3/c1-18(2)30(37)35-22-12-8-20(9-13-22)26-24(16-38-4)36-28(29(31)32-17-33-36)27(26)21-10-14-23(15-11-21)39-25-7-5-6-19(3)34-25/h5-15,17H,1,16H2,2-4H3,(H,35,37)(H2,31,32,33). The third-order valence-corrected chi connectivity index (χ3v) is 6.18. The molecule has 0 unspecified atom stereocenters. The van der Waals surface area contributed by atoms with Crippen LogP contribution in [0, 0.1) is 6.92 Å². The second kappa shape index (κ2) is 10.8. The van der Waals surface area contributed by atoms with E-state index >= 15 is 0 Å². The molecular weight excluding hydrogens is 492 g/mol. The van der Waals surface area contributed by atoms with Crippen LogP contribution in [0.2, 0.25) is 0 Å². The number of ether oxygens (including phenoxy) is 2. The summed E-state index contributed by atoms with van der Waals surface area (Å²) in [5.74, 6) is 1.29. The number of rotatable bonds is 8. The Morgan fingerprint density at radius 3 is 2.38 bits per heavy atom. The molecule has 9 heteroatoms. The highest BCUT2D eigenvalue weighted by atomic mass is 16.5. The lowest BCUT2D eigenvalue weighted by Crippen LogP contribution is -2.11. The molecule has 0 atom stereocenters. The highest BCUT2D eigenvalue weighted by molar-refractivity contribution is 6.03. The molecule has 0 aliphatic heterocycles. The molecular formula is C30H28N6O3. The molecule has 0 aliphatic carbocycles. The highest BCUT2D eigenvalue weighted by Gasteiger charge is 2.24. The largest absolute Gasteiger partial charge is 0.439 e. The van der Waals surface area contributed by atoms with E-state index in [1.807, 2.05) is 73.7 Å². The molecule has 3 N–H and O–H groups in total. The van der Waals surface area contributed by atoms with Crippen molar-refractivity contribution >= 4 is 22.9 Å². The van der Waals surface area contributed by atoms with Crippen LogP contribution in [0.1, 0.15) is 18.3 Å². The van der Waals surface area contributed by atoms with Crippen LogP contribution in [0.25, 0.3) is 27.8 Å². The quantitative estimate of drug-likeness (QED) is 0.248. The first kappa shape index (κ1) is 25.6. The smallest absolute Gasteiger partial charge is 0.250 e. The summed E-state index contributed by atoms with van der Waals surface area (Å²) in [6.45, 7) is 7.57. The monoisotopic (exact) mass is 520 g/mol. The van der Waals surface area contributed by atoms with E-state index in [0.717, 1.165) is 33.6 Å². The third-order valence-electron chi connectivity index (χ3n) is 6.18. The second-order valence-corrected chi connectivity index (χ2v) is 9.09. The zero-order chi connectivity index (χ0) is 27.5. The number of methoxy groups -OCH3 is 1. The molecule has 9 nitrogen and oxygen atoms in total. The van der Waals surface area contributed by atoms with Crippen molar-refractivity contribution in [3.63, 3.8) is 0 Å². The Bertz CT molecular complexity index is 1670. The van der Waals surface area contributed by atoms with Crippen LogP contribution in [0.15, 0.2) is 85.2 Å². The number of aryl methyl sites for hydroxylation is 1. The maximum absolute atomic E-state index is 12.1. The number of carbonyl (C=O) groups is 1. The molecule has 0 aliphatic rings. The second-order valence-electron chi connectivity index (χ2n) is 9.09. The summed E-state index contributed by atoms with van der Waals surface area (Å²) in [6, 6.07) is 20.9. The summed E-state index contributed by atoms with van der Waals surface area (Å²) in [6.07, 6.45) is 1.43. The number of hydrogen-bond acceptors (Lipinski definition) is 7. The molecule has 2 aromatic carbocycles. The van der Waals surface area contributed by atoms with Crippen LogP contribution in [0.5, 0.6) is 11.6 Å². The normalized spacial score (nSPS) is 10.9. The number of anilines is 2. The average molecular weight is 521 g/mol. The van der Waals surface area contributed by atoms with Crippen molar-refractivity contribution in [3.8, 4) is 33.9 Å². The topological polar surface area (TPSA) is 117 Å². The predicted molar refractivity (Wildman–Crippen MR) is 151 cm³/mol. The van der Waals surface area contributed by atoms with Crippen molar-refractivity contribution in [3.05, 3.63) is 96.6 Å². The Morgan fingerprint density at radius 2 is 1.72 bits per heavy atom. The molecule has 0 radical (unpaired) electrons. The SMILES string of the molecule is C=C(C)C(=O)Nc1ccc(-c2c(-c3ccc(Oc4cccc(C)n4)cc3)c3c(N)ncnn3c2COC)cc1. The number of nitrogens with two attached hydrogens (primary N) is 1. The molecule has 1 amide bonds. The number of carbonyl (C=O) groups excluding carboxylic acids is 1. The van der Waals surface area contributed by atoms with E-state index in [9.17, 15) is 4.79 Å². The number of fused-ring (bicyclic) bond motifs is 1. The van der Waals surface area contributed by atoms with Crippen LogP contribution in [-0.2, 0) is 16.1 Å². The minimum atomic E-state index is -0.232. The maximum Gasteiger partial charge on any atom is 0.250 e. The molecule has 0 bridgehead atoms. The molecule has 0 saturated heterocycles. The van der Waals surface area contributed by atoms with Gasteiger partial charge in [0.2, 0.25) is 5.88 Å². The predicted octanol–water partition coefficient (Wildman–Crippen LogP) is 5.80. The van der Waals surface area contributed by atoms with Crippen LogP contribution >= 0.6 is 0 Å². The number of aromatic nitrogens is 4. The molecule has 3 heterocycles. The molecule has 0 fully saturated rings. The molecule has 3 aromatic heterocycles. The van der Waals surface area contributed by atoms with Crippen molar-refractivity contribution in [2.75, 3.05) is 18.2 Å². The number of nitrogens with zero attached hydrogens (tertiary/aromatic N) is 4. The van der Waals surface area contributed by atoms with Gasteiger partial charge in [-0.3, -0.25) is 4.79 Å². The van der Waals surface area contributed by atoms with Gasteiger partial charge in [0.25, 0.3) is 5.91 Å². The first-order valence-corrected chi connectivity index (χ1v) is 12.3. The van der Waals surface area contributed by atoms with Gasteiger partial charge in [0, 0.05) is 41.3 Å². The first-order chi connectivity index (χ1) is 18.9. The molecule has 0 saturated carbocycles. The fourth-order valence-corrected chi connectivity index (χ4v) is 4.38.